The quantitative estimate of drug-likeness (QED) is 0.565. The average Bonchev–Trinajstić information content (AvgIpc) is 2.46. The smallest absolute Gasteiger partial charge is 0.273 e. The third-order valence-corrected chi connectivity index (χ3v) is 4.15. The second-order valence-electron chi connectivity index (χ2n) is 4.25. The zero-order valence-electron chi connectivity index (χ0n) is 11.1. The van der Waals surface area contributed by atoms with Gasteiger partial charge in [-0.3, -0.25) is 10.1 Å². The van der Waals surface area contributed by atoms with Gasteiger partial charge >= 0.3 is 0 Å². The Morgan fingerprint density at radius 3 is 2.48 bits per heavy atom. The molecule has 0 fully saturated rings. The molecule has 0 aliphatic carbocycles. The molecule has 0 spiro atoms. The van der Waals surface area contributed by atoms with Gasteiger partial charge in [-0.05, 0) is 55.6 Å². The summed E-state index contributed by atoms with van der Waals surface area (Å²) in [7, 11) is 1.49. The maximum Gasteiger partial charge on any atom is 0.273 e. The van der Waals surface area contributed by atoms with Crippen LogP contribution in [-0.4, -0.2) is 12.0 Å². The summed E-state index contributed by atoms with van der Waals surface area (Å²) < 4.78 is 6.92. The standard InChI is InChI=1S/C14H12Br2N2O3/c1-21-11-6-9(5-10(7-11)18(19)20)8-17-14-12(15)3-2-4-13(14)16/h2-7,17H,8H2,1H3. The van der Waals surface area contributed by atoms with Crippen LogP contribution in [0.5, 0.6) is 5.75 Å². The molecular formula is C14H12Br2N2O3. The maximum absolute atomic E-state index is 10.9. The lowest BCUT2D eigenvalue weighted by Gasteiger charge is -2.11. The highest BCUT2D eigenvalue weighted by molar-refractivity contribution is 9.11. The van der Waals surface area contributed by atoms with Gasteiger partial charge in [0.15, 0.2) is 0 Å². The van der Waals surface area contributed by atoms with E-state index in [1.54, 1.807) is 6.07 Å². The van der Waals surface area contributed by atoms with Crippen molar-refractivity contribution in [2.75, 3.05) is 12.4 Å². The molecular weight excluding hydrogens is 404 g/mol. The highest BCUT2D eigenvalue weighted by Crippen LogP contribution is 2.31. The van der Waals surface area contributed by atoms with Gasteiger partial charge in [0.2, 0.25) is 0 Å². The van der Waals surface area contributed by atoms with Crippen molar-refractivity contribution in [1.29, 1.82) is 0 Å². The number of para-hydroxylation sites is 1. The monoisotopic (exact) mass is 414 g/mol. The van der Waals surface area contributed by atoms with E-state index in [-0.39, 0.29) is 5.69 Å². The molecule has 0 aromatic heterocycles. The van der Waals surface area contributed by atoms with Crippen LogP contribution in [0.2, 0.25) is 0 Å². The molecule has 0 saturated carbocycles. The molecule has 5 nitrogen and oxygen atoms in total. The Hall–Kier alpha value is -1.60. The first kappa shape index (κ1) is 15.8. The van der Waals surface area contributed by atoms with E-state index in [2.05, 4.69) is 37.2 Å². The molecule has 21 heavy (non-hydrogen) atoms. The SMILES string of the molecule is COc1cc(CNc2c(Br)cccc2Br)cc([N+](=O)[O-])c1. The largest absolute Gasteiger partial charge is 0.496 e. The number of methoxy groups -OCH3 is 1. The Balaban J connectivity index is 2.23. The zero-order valence-corrected chi connectivity index (χ0v) is 14.3. The number of hydrogen-bond acceptors (Lipinski definition) is 4. The van der Waals surface area contributed by atoms with Crippen molar-refractivity contribution in [3.05, 3.63) is 61.0 Å². The van der Waals surface area contributed by atoms with Crippen molar-refractivity contribution in [2.24, 2.45) is 0 Å². The van der Waals surface area contributed by atoms with Crippen molar-refractivity contribution in [2.45, 2.75) is 6.54 Å². The summed E-state index contributed by atoms with van der Waals surface area (Å²) in [5.41, 5.74) is 1.67. The van der Waals surface area contributed by atoms with E-state index >= 15 is 0 Å². The van der Waals surface area contributed by atoms with Crippen LogP contribution in [0.25, 0.3) is 0 Å². The van der Waals surface area contributed by atoms with Crippen LogP contribution in [-0.2, 0) is 6.54 Å². The number of anilines is 1. The molecule has 2 aromatic rings. The van der Waals surface area contributed by atoms with Crippen LogP contribution in [0.4, 0.5) is 11.4 Å². The van der Waals surface area contributed by atoms with Gasteiger partial charge in [0.05, 0.1) is 23.8 Å². The molecule has 0 bridgehead atoms. The second kappa shape index (κ2) is 6.91. The van der Waals surface area contributed by atoms with E-state index in [9.17, 15) is 10.1 Å². The molecule has 7 heteroatoms. The normalized spacial score (nSPS) is 10.2. The number of non-ortho nitro benzene ring substituents is 1. The summed E-state index contributed by atoms with van der Waals surface area (Å²) in [6.45, 7) is 0.444. The summed E-state index contributed by atoms with van der Waals surface area (Å²) in [6.07, 6.45) is 0. The fraction of sp³-hybridized carbons (Fsp3) is 0.143. The van der Waals surface area contributed by atoms with E-state index in [1.807, 2.05) is 18.2 Å². The van der Waals surface area contributed by atoms with Crippen molar-refractivity contribution >= 4 is 43.2 Å². The van der Waals surface area contributed by atoms with Crippen LogP contribution in [0.15, 0.2) is 45.3 Å². The topological polar surface area (TPSA) is 64.4 Å². The number of nitro benzene ring substituents is 1. The van der Waals surface area contributed by atoms with Gasteiger partial charge in [0.1, 0.15) is 5.75 Å². The summed E-state index contributed by atoms with van der Waals surface area (Å²) in [4.78, 5) is 10.5. The minimum absolute atomic E-state index is 0.0114. The van der Waals surface area contributed by atoms with Crippen LogP contribution < -0.4 is 10.1 Å². The number of rotatable bonds is 5. The molecule has 0 heterocycles. The molecule has 0 aliphatic rings. The minimum atomic E-state index is -0.430. The van der Waals surface area contributed by atoms with E-state index in [0.29, 0.717) is 12.3 Å². The Labute approximate surface area is 138 Å². The predicted molar refractivity (Wildman–Crippen MR) is 88.8 cm³/mol. The fourth-order valence-electron chi connectivity index (χ4n) is 1.83. The lowest BCUT2D eigenvalue weighted by atomic mass is 10.2. The number of benzene rings is 2. The Bertz CT molecular complexity index is 657. The number of hydrogen-bond donors (Lipinski definition) is 1. The first-order chi connectivity index (χ1) is 10.0. The second-order valence-corrected chi connectivity index (χ2v) is 5.96. The Morgan fingerprint density at radius 1 is 1.24 bits per heavy atom. The lowest BCUT2D eigenvalue weighted by molar-refractivity contribution is -0.385. The van der Waals surface area contributed by atoms with Crippen molar-refractivity contribution in [3.8, 4) is 5.75 Å². The molecule has 2 rings (SSSR count). The van der Waals surface area contributed by atoms with Gasteiger partial charge in [-0.25, -0.2) is 0 Å². The number of halogens is 2. The highest BCUT2D eigenvalue weighted by atomic mass is 79.9. The summed E-state index contributed by atoms with van der Waals surface area (Å²) in [6, 6.07) is 10.4. The Morgan fingerprint density at radius 2 is 1.90 bits per heavy atom. The molecule has 0 radical (unpaired) electrons. The van der Waals surface area contributed by atoms with Crippen molar-refractivity contribution in [3.63, 3.8) is 0 Å². The first-order valence-electron chi connectivity index (χ1n) is 6.01. The first-order valence-corrected chi connectivity index (χ1v) is 7.60. The number of ether oxygens (including phenoxy) is 1. The molecule has 0 saturated heterocycles. The third-order valence-electron chi connectivity index (χ3n) is 2.83. The number of nitro groups is 1. The van der Waals surface area contributed by atoms with E-state index < -0.39 is 4.92 Å². The lowest BCUT2D eigenvalue weighted by Crippen LogP contribution is -2.02. The van der Waals surface area contributed by atoms with E-state index in [4.69, 9.17) is 4.74 Å². The van der Waals surface area contributed by atoms with Gasteiger partial charge in [0, 0.05) is 21.6 Å². The molecule has 0 unspecified atom stereocenters. The van der Waals surface area contributed by atoms with Gasteiger partial charge < -0.3 is 10.1 Å². The molecule has 0 aliphatic heterocycles. The van der Waals surface area contributed by atoms with E-state index in [1.165, 1.54) is 19.2 Å². The van der Waals surface area contributed by atoms with Gasteiger partial charge in [-0.2, -0.15) is 0 Å². The van der Waals surface area contributed by atoms with Crippen LogP contribution in [0, 0.1) is 10.1 Å². The number of nitrogens with zero attached hydrogens (tertiary/aromatic N) is 1. The van der Waals surface area contributed by atoms with Gasteiger partial charge in [-0.1, -0.05) is 6.07 Å². The third kappa shape index (κ3) is 3.95. The predicted octanol–water partition coefficient (Wildman–Crippen LogP) is 4.74. The molecule has 1 N–H and O–H groups in total. The highest BCUT2D eigenvalue weighted by Gasteiger charge is 2.11. The van der Waals surface area contributed by atoms with Gasteiger partial charge in [-0.15, -0.1) is 0 Å². The fourth-order valence-corrected chi connectivity index (χ4v) is 3.10. The summed E-state index contributed by atoms with van der Waals surface area (Å²) in [5, 5.41) is 14.2. The molecule has 110 valence electrons. The Kier molecular flexibility index (Phi) is 5.19. The maximum atomic E-state index is 10.9. The summed E-state index contributed by atoms with van der Waals surface area (Å²) >= 11 is 6.92. The van der Waals surface area contributed by atoms with E-state index in [0.717, 1.165) is 20.2 Å². The molecule has 0 amide bonds. The van der Waals surface area contributed by atoms with Crippen molar-refractivity contribution < 1.29 is 9.66 Å². The summed E-state index contributed by atoms with van der Waals surface area (Å²) in [5.74, 6) is 0.465. The van der Waals surface area contributed by atoms with Crippen LogP contribution in [0.1, 0.15) is 5.56 Å². The van der Waals surface area contributed by atoms with Crippen molar-refractivity contribution in [1.82, 2.24) is 0 Å². The van der Waals surface area contributed by atoms with Crippen LogP contribution in [0.3, 0.4) is 0 Å². The van der Waals surface area contributed by atoms with Crippen LogP contribution >= 0.6 is 31.9 Å². The number of nitrogens with one attached hydrogen (secondary N) is 1. The zero-order chi connectivity index (χ0) is 15.4. The average molecular weight is 416 g/mol. The molecule has 0 atom stereocenters. The minimum Gasteiger partial charge on any atom is -0.496 e. The molecule has 2 aromatic carbocycles. The van der Waals surface area contributed by atoms with Gasteiger partial charge in [0.25, 0.3) is 5.69 Å².